The summed E-state index contributed by atoms with van der Waals surface area (Å²) in [7, 11) is 1.13. The number of carboxylic acids is 1. The summed E-state index contributed by atoms with van der Waals surface area (Å²) in [5, 5.41) is 18.5. The van der Waals surface area contributed by atoms with Crippen LogP contribution in [0.25, 0.3) is 10.9 Å². The summed E-state index contributed by atoms with van der Waals surface area (Å²) >= 11 is 1.51. The summed E-state index contributed by atoms with van der Waals surface area (Å²) in [5.41, 5.74) is -2.13. The minimum absolute atomic E-state index is 0.134. The molecule has 0 unspecified atom stereocenters. The van der Waals surface area contributed by atoms with Gasteiger partial charge < -0.3 is 14.8 Å². The lowest BCUT2D eigenvalue weighted by atomic mass is 10.0. The number of aromatic hydroxyl groups is 1. The van der Waals surface area contributed by atoms with Crippen LogP contribution in [-0.2, 0) is 11.8 Å². The largest absolute Gasteiger partial charge is 0.506 e. The summed E-state index contributed by atoms with van der Waals surface area (Å²) < 4.78 is 28.3. The number of halogens is 3. The van der Waals surface area contributed by atoms with Gasteiger partial charge >= 0.3 is 5.97 Å². The minimum atomic E-state index is -1.31. The quantitative estimate of drug-likeness (QED) is 0.435. The molecule has 0 fully saturated rings. The van der Waals surface area contributed by atoms with Crippen molar-refractivity contribution >= 4 is 45.2 Å². The summed E-state index contributed by atoms with van der Waals surface area (Å²) in [6, 6.07) is 1.11. The Bertz CT molecular complexity index is 907. The maximum Gasteiger partial charge on any atom is 0.303 e. The average Bonchev–Trinajstić information content (AvgIpc) is 2.48. The van der Waals surface area contributed by atoms with Gasteiger partial charge in [0.1, 0.15) is 11.3 Å². The van der Waals surface area contributed by atoms with Gasteiger partial charge in [-0.15, -0.1) is 0 Å². The smallest absolute Gasteiger partial charge is 0.303 e. The third-order valence-corrected chi connectivity index (χ3v) is 4.11. The van der Waals surface area contributed by atoms with Crippen LogP contribution in [-0.4, -0.2) is 26.5 Å². The number of rotatable bonds is 4. The molecule has 0 atom stereocenters. The van der Waals surface area contributed by atoms with Gasteiger partial charge in [0.15, 0.2) is 17.4 Å². The number of aryl methyl sites for hydroxylation is 1. The molecule has 2 aromatic rings. The Hall–Kier alpha value is -2.04. The normalized spacial score (nSPS) is 11.0. The molecule has 0 spiro atoms. The molecule has 0 radical (unpaired) electrons. The second-order valence-electron chi connectivity index (χ2n) is 4.79. The van der Waals surface area contributed by atoms with E-state index in [9.17, 15) is 28.3 Å². The highest BCUT2D eigenvalue weighted by Gasteiger charge is 2.25. The Kier molecular flexibility index (Phi) is 4.68. The fraction of sp³-hybridized carbons (Fsp3) is 0.214. The van der Waals surface area contributed by atoms with Gasteiger partial charge in [-0.25, -0.2) is 8.78 Å². The maximum absolute atomic E-state index is 14.1. The molecule has 0 aliphatic heterocycles. The SMILES string of the molecule is Cn1c(=O)c(C(=O)CCC(=O)O)c(O)c2cc(I)c(F)c(F)c21. The number of Topliss-reactive ketones (excluding diaryl/α,β-unsaturated/α-hetero) is 1. The van der Waals surface area contributed by atoms with E-state index >= 15 is 0 Å². The van der Waals surface area contributed by atoms with Gasteiger partial charge in [0.25, 0.3) is 5.56 Å². The Morgan fingerprint density at radius 3 is 2.43 bits per heavy atom. The predicted octanol–water partition coefficient (Wildman–Crippen LogP) is 2.17. The van der Waals surface area contributed by atoms with Crippen molar-refractivity contribution in [3.8, 4) is 5.75 Å². The number of pyridine rings is 1. The zero-order valence-corrected chi connectivity index (χ0v) is 13.8. The summed E-state index contributed by atoms with van der Waals surface area (Å²) in [5.74, 6) is -5.38. The number of benzene rings is 1. The molecular weight excluding hydrogens is 427 g/mol. The Balaban J connectivity index is 2.79. The van der Waals surface area contributed by atoms with Gasteiger partial charge in [-0.1, -0.05) is 0 Å². The zero-order valence-electron chi connectivity index (χ0n) is 11.7. The molecule has 122 valence electrons. The number of carbonyl (C=O) groups excluding carboxylic acids is 1. The maximum atomic E-state index is 14.1. The van der Waals surface area contributed by atoms with E-state index < -0.39 is 58.6 Å². The van der Waals surface area contributed by atoms with Crippen molar-refractivity contribution in [2.24, 2.45) is 7.05 Å². The number of hydrogen-bond donors (Lipinski definition) is 2. The number of carboxylic acid groups (broad SMARTS) is 1. The number of carbonyl (C=O) groups is 2. The van der Waals surface area contributed by atoms with Crippen LogP contribution in [0.4, 0.5) is 8.78 Å². The molecule has 0 aliphatic carbocycles. The molecule has 1 heterocycles. The van der Waals surface area contributed by atoms with Crippen molar-refractivity contribution in [1.82, 2.24) is 4.57 Å². The molecule has 1 aromatic carbocycles. The van der Waals surface area contributed by atoms with Crippen LogP contribution < -0.4 is 5.56 Å². The highest BCUT2D eigenvalue weighted by Crippen LogP contribution is 2.32. The fourth-order valence-corrected chi connectivity index (χ4v) is 2.74. The van der Waals surface area contributed by atoms with Crippen LogP contribution in [0.1, 0.15) is 23.2 Å². The molecule has 23 heavy (non-hydrogen) atoms. The van der Waals surface area contributed by atoms with Crippen LogP contribution in [0.15, 0.2) is 10.9 Å². The van der Waals surface area contributed by atoms with E-state index in [1.807, 2.05) is 0 Å². The van der Waals surface area contributed by atoms with Crippen LogP contribution in [0.3, 0.4) is 0 Å². The van der Waals surface area contributed by atoms with Gasteiger partial charge in [-0.2, -0.15) is 0 Å². The third kappa shape index (κ3) is 2.92. The van der Waals surface area contributed by atoms with E-state index in [-0.39, 0.29) is 8.96 Å². The lowest BCUT2D eigenvalue weighted by molar-refractivity contribution is -0.136. The number of aliphatic carboxylic acids is 1. The molecule has 2 N–H and O–H groups in total. The van der Waals surface area contributed by atoms with E-state index in [0.29, 0.717) is 0 Å². The van der Waals surface area contributed by atoms with Gasteiger partial charge in [0.2, 0.25) is 0 Å². The average molecular weight is 437 g/mol. The molecule has 0 aliphatic rings. The number of nitrogens with zero attached hydrogens (tertiary/aromatic N) is 1. The van der Waals surface area contributed by atoms with Crippen LogP contribution in [0.5, 0.6) is 5.75 Å². The predicted molar refractivity (Wildman–Crippen MR) is 84.7 cm³/mol. The standard InChI is InChI=1S/C14H10F2INO5/c1-18-12-5(4-6(17)10(15)11(12)16)13(22)9(14(18)23)7(19)2-3-8(20)21/h4,22H,2-3H2,1H3,(H,20,21). The first-order chi connectivity index (χ1) is 10.7. The monoisotopic (exact) mass is 437 g/mol. The van der Waals surface area contributed by atoms with Crippen molar-refractivity contribution in [3.05, 3.63) is 37.2 Å². The number of fused-ring (bicyclic) bond motifs is 1. The molecule has 0 bridgehead atoms. The van der Waals surface area contributed by atoms with Crippen LogP contribution in [0, 0.1) is 15.2 Å². The topological polar surface area (TPSA) is 96.6 Å². The number of aromatic nitrogens is 1. The lowest BCUT2D eigenvalue weighted by Crippen LogP contribution is -2.26. The van der Waals surface area contributed by atoms with E-state index in [4.69, 9.17) is 5.11 Å². The van der Waals surface area contributed by atoms with Gasteiger partial charge in [-0.05, 0) is 28.7 Å². The molecule has 1 aromatic heterocycles. The van der Waals surface area contributed by atoms with Crippen molar-refractivity contribution < 1.29 is 28.6 Å². The molecule has 9 heteroatoms. The van der Waals surface area contributed by atoms with Crippen molar-refractivity contribution in [1.29, 1.82) is 0 Å². The van der Waals surface area contributed by atoms with Gasteiger partial charge in [-0.3, -0.25) is 14.4 Å². The molecule has 6 nitrogen and oxygen atoms in total. The Morgan fingerprint density at radius 2 is 1.87 bits per heavy atom. The second kappa shape index (κ2) is 6.22. The molecular formula is C14H10F2INO5. The fourth-order valence-electron chi connectivity index (χ4n) is 2.20. The van der Waals surface area contributed by atoms with Gasteiger partial charge in [0, 0.05) is 18.9 Å². The first-order valence-electron chi connectivity index (χ1n) is 6.31. The van der Waals surface area contributed by atoms with E-state index in [0.717, 1.165) is 17.7 Å². The number of hydrogen-bond acceptors (Lipinski definition) is 4. The second-order valence-corrected chi connectivity index (χ2v) is 5.95. The Morgan fingerprint density at radius 1 is 1.26 bits per heavy atom. The first kappa shape index (κ1) is 17.3. The van der Waals surface area contributed by atoms with Crippen molar-refractivity contribution in [3.63, 3.8) is 0 Å². The molecule has 0 saturated carbocycles. The molecule has 0 saturated heterocycles. The minimum Gasteiger partial charge on any atom is -0.506 e. The van der Waals surface area contributed by atoms with E-state index in [1.54, 1.807) is 0 Å². The summed E-state index contributed by atoms with van der Waals surface area (Å²) in [4.78, 5) is 34.7. The van der Waals surface area contributed by atoms with E-state index in [2.05, 4.69) is 0 Å². The van der Waals surface area contributed by atoms with Crippen LogP contribution >= 0.6 is 22.6 Å². The summed E-state index contributed by atoms with van der Waals surface area (Å²) in [6.45, 7) is 0. The third-order valence-electron chi connectivity index (χ3n) is 3.33. The zero-order chi connectivity index (χ0) is 17.5. The number of ketones is 1. The molecule has 2 rings (SSSR count). The van der Waals surface area contributed by atoms with Crippen molar-refractivity contribution in [2.45, 2.75) is 12.8 Å². The highest BCUT2D eigenvalue weighted by molar-refractivity contribution is 14.1. The summed E-state index contributed by atoms with van der Waals surface area (Å²) in [6.07, 6.45) is -1.01. The van der Waals surface area contributed by atoms with Gasteiger partial charge in [0.05, 0.1) is 15.5 Å². The van der Waals surface area contributed by atoms with Crippen LogP contribution in [0.2, 0.25) is 0 Å². The Labute approximate surface area is 141 Å². The molecule has 0 amide bonds. The lowest BCUT2D eigenvalue weighted by Gasteiger charge is -2.12. The van der Waals surface area contributed by atoms with E-state index in [1.165, 1.54) is 22.6 Å². The first-order valence-corrected chi connectivity index (χ1v) is 7.38. The highest BCUT2D eigenvalue weighted by atomic mass is 127. The van der Waals surface area contributed by atoms with Crippen molar-refractivity contribution in [2.75, 3.05) is 0 Å².